The zero-order valence-electron chi connectivity index (χ0n) is 12.2. The number of nitrogens with zero attached hydrogens (tertiary/aromatic N) is 1. The Labute approximate surface area is 124 Å². The highest BCUT2D eigenvalue weighted by Gasteiger charge is 2.24. The first-order valence-electron chi connectivity index (χ1n) is 7.29. The minimum absolute atomic E-state index is 0.0374. The van der Waals surface area contributed by atoms with Crippen molar-refractivity contribution < 1.29 is 9.53 Å². The molecule has 2 aromatic carbocycles. The summed E-state index contributed by atoms with van der Waals surface area (Å²) in [6, 6.07) is 14.6. The van der Waals surface area contributed by atoms with Gasteiger partial charge in [-0.15, -0.1) is 0 Å². The number of amides is 1. The topological polar surface area (TPSA) is 41.6 Å². The average Bonchev–Trinajstić information content (AvgIpc) is 2.55. The van der Waals surface area contributed by atoms with Gasteiger partial charge in [-0.3, -0.25) is 4.79 Å². The van der Waals surface area contributed by atoms with Crippen LogP contribution in [0, 0.1) is 0 Å². The van der Waals surface area contributed by atoms with Gasteiger partial charge >= 0.3 is 0 Å². The number of morpholine rings is 1. The van der Waals surface area contributed by atoms with Crippen molar-refractivity contribution in [1.82, 2.24) is 10.2 Å². The van der Waals surface area contributed by atoms with Crippen LogP contribution in [0.15, 0.2) is 42.5 Å². The van der Waals surface area contributed by atoms with Gasteiger partial charge in [-0.2, -0.15) is 0 Å². The zero-order chi connectivity index (χ0) is 14.7. The molecule has 3 rings (SSSR count). The average molecular weight is 284 g/mol. The number of hydrogen-bond acceptors (Lipinski definition) is 3. The lowest BCUT2D eigenvalue weighted by molar-refractivity contribution is -0.144. The first-order chi connectivity index (χ1) is 10.2. The Hall–Kier alpha value is -1.91. The standard InChI is InChI=1S/C17H20N2O2/c1-19(17(20)16-11-18-8-9-21-16)12-13-6-7-14-4-2-3-5-15(14)10-13/h2-7,10,16,18H,8-9,11-12H2,1H3. The first kappa shape index (κ1) is 14.0. The number of likely N-dealkylation sites (N-methyl/N-ethyl adjacent to an activating group) is 1. The molecule has 4 nitrogen and oxygen atoms in total. The van der Waals surface area contributed by atoms with Gasteiger partial charge in [0.25, 0.3) is 5.91 Å². The third kappa shape index (κ3) is 3.23. The highest BCUT2D eigenvalue weighted by atomic mass is 16.5. The molecule has 1 atom stereocenters. The predicted molar refractivity (Wildman–Crippen MR) is 83.0 cm³/mol. The second kappa shape index (κ2) is 6.24. The fourth-order valence-corrected chi connectivity index (χ4v) is 2.66. The molecule has 1 fully saturated rings. The Balaban J connectivity index is 1.70. The zero-order valence-corrected chi connectivity index (χ0v) is 12.2. The van der Waals surface area contributed by atoms with E-state index < -0.39 is 0 Å². The molecule has 4 heteroatoms. The van der Waals surface area contributed by atoms with Gasteiger partial charge in [-0.05, 0) is 22.4 Å². The predicted octanol–water partition coefficient (Wildman–Crippen LogP) is 1.79. The summed E-state index contributed by atoms with van der Waals surface area (Å²) >= 11 is 0. The molecule has 1 amide bonds. The van der Waals surface area contributed by atoms with Crippen LogP contribution >= 0.6 is 0 Å². The lowest BCUT2D eigenvalue weighted by Gasteiger charge is -2.27. The molecule has 1 saturated heterocycles. The number of nitrogens with one attached hydrogen (secondary N) is 1. The Morgan fingerprint density at radius 1 is 1.29 bits per heavy atom. The largest absolute Gasteiger partial charge is 0.366 e. The molecule has 1 unspecified atom stereocenters. The summed E-state index contributed by atoms with van der Waals surface area (Å²) < 4.78 is 5.52. The summed E-state index contributed by atoms with van der Waals surface area (Å²) in [6.07, 6.45) is -0.357. The quantitative estimate of drug-likeness (QED) is 0.934. The number of carbonyl (C=O) groups is 1. The SMILES string of the molecule is CN(Cc1ccc2ccccc2c1)C(=O)C1CNCCO1. The number of benzene rings is 2. The molecule has 110 valence electrons. The summed E-state index contributed by atoms with van der Waals surface area (Å²) in [6.45, 7) is 2.61. The van der Waals surface area contributed by atoms with E-state index in [1.807, 2.05) is 19.2 Å². The van der Waals surface area contributed by atoms with Crippen molar-refractivity contribution in [3.63, 3.8) is 0 Å². The number of rotatable bonds is 3. The Kier molecular flexibility index (Phi) is 4.18. The van der Waals surface area contributed by atoms with E-state index in [0.717, 1.165) is 12.1 Å². The van der Waals surface area contributed by atoms with Gasteiger partial charge in [0.05, 0.1) is 6.61 Å². The molecule has 1 aliphatic heterocycles. The second-order valence-electron chi connectivity index (χ2n) is 5.44. The van der Waals surface area contributed by atoms with Crippen LogP contribution < -0.4 is 5.32 Å². The molecular formula is C17H20N2O2. The van der Waals surface area contributed by atoms with Gasteiger partial charge < -0.3 is 15.0 Å². The maximum absolute atomic E-state index is 12.3. The molecule has 0 saturated carbocycles. The molecule has 0 radical (unpaired) electrons. The molecule has 0 bridgehead atoms. The normalized spacial score (nSPS) is 18.6. The van der Waals surface area contributed by atoms with Crippen LogP contribution in [-0.4, -0.2) is 43.7 Å². The van der Waals surface area contributed by atoms with E-state index in [0.29, 0.717) is 19.7 Å². The lowest BCUT2D eigenvalue weighted by atomic mass is 10.1. The van der Waals surface area contributed by atoms with Crippen molar-refractivity contribution in [2.45, 2.75) is 12.6 Å². The summed E-state index contributed by atoms with van der Waals surface area (Å²) in [5.74, 6) is 0.0374. The highest BCUT2D eigenvalue weighted by Crippen LogP contribution is 2.17. The maximum Gasteiger partial charge on any atom is 0.253 e. The Morgan fingerprint density at radius 2 is 2.10 bits per heavy atom. The van der Waals surface area contributed by atoms with Crippen molar-refractivity contribution in [2.24, 2.45) is 0 Å². The van der Waals surface area contributed by atoms with Gasteiger partial charge in [0.2, 0.25) is 0 Å². The third-order valence-corrected chi connectivity index (χ3v) is 3.81. The number of fused-ring (bicyclic) bond motifs is 1. The lowest BCUT2D eigenvalue weighted by Crippen LogP contribution is -2.48. The fraction of sp³-hybridized carbons (Fsp3) is 0.353. The van der Waals surface area contributed by atoms with Crippen LogP contribution in [0.3, 0.4) is 0 Å². The van der Waals surface area contributed by atoms with Crippen LogP contribution in [-0.2, 0) is 16.1 Å². The highest BCUT2D eigenvalue weighted by molar-refractivity contribution is 5.83. The minimum Gasteiger partial charge on any atom is -0.366 e. The van der Waals surface area contributed by atoms with Crippen LogP contribution in [0.25, 0.3) is 10.8 Å². The van der Waals surface area contributed by atoms with Crippen molar-refractivity contribution in [2.75, 3.05) is 26.7 Å². The van der Waals surface area contributed by atoms with E-state index >= 15 is 0 Å². The minimum atomic E-state index is -0.357. The van der Waals surface area contributed by atoms with E-state index in [4.69, 9.17) is 4.74 Å². The second-order valence-corrected chi connectivity index (χ2v) is 5.44. The van der Waals surface area contributed by atoms with E-state index in [2.05, 4.69) is 35.6 Å². The van der Waals surface area contributed by atoms with Crippen LogP contribution in [0.1, 0.15) is 5.56 Å². The van der Waals surface area contributed by atoms with Crippen molar-refractivity contribution in [3.8, 4) is 0 Å². The molecule has 1 N–H and O–H groups in total. The van der Waals surface area contributed by atoms with Gasteiger partial charge in [0.1, 0.15) is 6.10 Å². The van der Waals surface area contributed by atoms with E-state index in [1.165, 1.54) is 10.8 Å². The third-order valence-electron chi connectivity index (χ3n) is 3.81. The number of hydrogen-bond donors (Lipinski definition) is 1. The molecule has 1 aliphatic rings. The van der Waals surface area contributed by atoms with Crippen molar-refractivity contribution in [3.05, 3.63) is 48.0 Å². The Bertz CT molecular complexity index is 635. The number of ether oxygens (including phenoxy) is 1. The van der Waals surface area contributed by atoms with Crippen LogP contribution in [0.5, 0.6) is 0 Å². The molecule has 2 aromatic rings. The fourth-order valence-electron chi connectivity index (χ4n) is 2.66. The maximum atomic E-state index is 12.3. The van der Waals surface area contributed by atoms with Crippen LogP contribution in [0.4, 0.5) is 0 Å². The van der Waals surface area contributed by atoms with Crippen molar-refractivity contribution in [1.29, 1.82) is 0 Å². The van der Waals surface area contributed by atoms with E-state index in [1.54, 1.807) is 4.90 Å². The summed E-state index contributed by atoms with van der Waals surface area (Å²) in [5, 5.41) is 5.60. The molecule has 1 heterocycles. The van der Waals surface area contributed by atoms with Crippen LogP contribution in [0.2, 0.25) is 0 Å². The molecule has 0 spiro atoms. The first-order valence-corrected chi connectivity index (χ1v) is 7.29. The van der Waals surface area contributed by atoms with Gasteiger partial charge in [-0.1, -0.05) is 36.4 Å². The summed E-state index contributed by atoms with van der Waals surface area (Å²) in [5.41, 5.74) is 1.13. The van der Waals surface area contributed by atoms with E-state index in [-0.39, 0.29) is 12.0 Å². The molecule has 21 heavy (non-hydrogen) atoms. The molecule has 0 aliphatic carbocycles. The van der Waals surface area contributed by atoms with Gasteiger partial charge in [0.15, 0.2) is 0 Å². The number of carbonyl (C=O) groups excluding carboxylic acids is 1. The smallest absolute Gasteiger partial charge is 0.253 e. The monoisotopic (exact) mass is 284 g/mol. The Morgan fingerprint density at radius 3 is 2.86 bits per heavy atom. The van der Waals surface area contributed by atoms with Gasteiger partial charge in [-0.25, -0.2) is 0 Å². The molecular weight excluding hydrogens is 264 g/mol. The van der Waals surface area contributed by atoms with Gasteiger partial charge in [0, 0.05) is 26.7 Å². The van der Waals surface area contributed by atoms with E-state index in [9.17, 15) is 4.79 Å². The summed E-state index contributed by atoms with van der Waals surface area (Å²) in [7, 11) is 1.83. The molecule has 0 aromatic heterocycles. The summed E-state index contributed by atoms with van der Waals surface area (Å²) in [4.78, 5) is 14.1. The van der Waals surface area contributed by atoms with Crippen molar-refractivity contribution >= 4 is 16.7 Å².